The smallest absolute Gasteiger partial charge is 0.338 e. The maximum absolute atomic E-state index is 12.1. The number of fused-ring (bicyclic) bond motifs is 1. The van der Waals surface area contributed by atoms with Gasteiger partial charge >= 0.3 is 5.97 Å². The summed E-state index contributed by atoms with van der Waals surface area (Å²) < 4.78 is 6.52. The van der Waals surface area contributed by atoms with E-state index < -0.39 is 12.1 Å². The molecule has 0 saturated heterocycles. The van der Waals surface area contributed by atoms with Crippen LogP contribution in [0, 0.1) is 11.3 Å². The highest BCUT2D eigenvalue weighted by Crippen LogP contribution is 2.28. The molecule has 2 aromatic carbocycles. The Morgan fingerprint density at radius 3 is 2.64 bits per heavy atom. The van der Waals surface area contributed by atoms with Gasteiger partial charge in [0.05, 0.1) is 27.4 Å². The van der Waals surface area contributed by atoms with Gasteiger partial charge in [-0.3, -0.25) is 0 Å². The Kier molecular flexibility index (Phi) is 3.86. The van der Waals surface area contributed by atoms with E-state index in [-0.39, 0.29) is 0 Å². The number of ether oxygens (including phenoxy) is 1. The first-order valence-corrected chi connectivity index (χ1v) is 7.55. The van der Waals surface area contributed by atoms with Crippen molar-refractivity contribution in [2.24, 2.45) is 0 Å². The molecule has 0 N–H and O–H groups in total. The fourth-order valence-electron chi connectivity index (χ4n) is 2.02. The molecule has 3 aromatic rings. The lowest BCUT2D eigenvalue weighted by molar-refractivity contribution is 0.0338. The van der Waals surface area contributed by atoms with Crippen molar-refractivity contribution in [2.75, 3.05) is 0 Å². The second-order valence-corrected chi connectivity index (χ2v) is 5.82. The van der Waals surface area contributed by atoms with Gasteiger partial charge < -0.3 is 4.74 Å². The van der Waals surface area contributed by atoms with Gasteiger partial charge in [0, 0.05) is 0 Å². The molecule has 3 rings (SSSR count). The number of carbonyl (C=O) groups is 1. The van der Waals surface area contributed by atoms with Gasteiger partial charge in [-0.1, -0.05) is 12.1 Å². The molecule has 5 heteroatoms. The van der Waals surface area contributed by atoms with Crippen molar-refractivity contribution in [3.63, 3.8) is 0 Å². The minimum absolute atomic E-state index is 0.416. The van der Waals surface area contributed by atoms with Crippen LogP contribution in [0.1, 0.15) is 34.0 Å². The fraction of sp³-hybridized carbons (Fsp3) is 0.118. The lowest BCUT2D eigenvalue weighted by Crippen LogP contribution is -2.09. The zero-order valence-corrected chi connectivity index (χ0v) is 12.6. The summed E-state index contributed by atoms with van der Waals surface area (Å²) in [6.45, 7) is 1.80. The molecule has 0 aliphatic heterocycles. The number of rotatable bonds is 3. The number of thiazole rings is 1. The molecule has 0 unspecified atom stereocenters. The van der Waals surface area contributed by atoms with Crippen LogP contribution < -0.4 is 0 Å². The van der Waals surface area contributed by atoms with Crippen molar-refractivity contribution < 1.29 is 9.53 Å². The van der Waals surface area contributed by atoms with Gasteiger partial charge in [-0.15, -0.1) is 11.3 Å². The minimum atomic E-state index is -0.420. The SMILES string of the molecule is C[C@@H](OC(=O)c1ccc(C#N)cc1)c1nc2ccccc2s1. The van der Waals surface area contributed by atoms with Crippen LogP contribution >= 0.6 is 11.3 Å². The minimum Gasteiger partial charge on any atom is -0.452 e. The number of carbonyl (C=O) groups excluding carboxylic acids is 1. The summed E-state index contributed by atoms with van der Waals surface area (Å²) in [5, 5.41) is 9.52. The molecule has 1 atom stereocenters. The Morgan fingerprint density at radius 2 is 1.95 bits per heavy atom. The van der Waals surface area contributed by atoms with Gasteiger partial charge in [-0.2, -0.15) is 5.26 Å². The molecule has 1 aromatic heterocycles. The van der Waals surface area contributed by atoms with E-state index in [4.69, 9.17) is 10.00 Å². The van der Waals surface area contributed by atoms with E-state index in [1.54, 1.807) is 31.2 Å². The Balaban J connectivity index is 1.76. The van der Waals surface area contributed by atoms with Gasteiger partial charge in [0.2, 0.25) is 0 Å². The third kappa shape index (κ3) is 2.83. The zero-order valence-electron chi connectivity index (χ0n) is 11.8. The van der Waals surface area contributed by atoms with Crippen LogP contribution in [0.3, 0.4) is 0 Å². The second-order valence-electron chi connectivity index (χ2n) is 4.76. The average molecular weight is 308 g/mol. The third-order valence-corrected chi connectivity index (χ3v) is 4.39. The molecule has 0 saturated carbocycles. The summed E-state index contributed by atoms with van der Waals surface area (Å²) in [6.07, 6.45) is -0.416. The first-order chi connectivity index (χ1) is 10.7. The van der Waals surface area contributed by atoms with E-state index >= 15 is 0 Å². The molecule has 0 spiro atoms. The summed E-state index contributed by atoms with van der Waals surface area (Å²) in [5.41, 5.74) is 1.84. The van der Waals surface area contributed by atoms with Crippen molar-refractivity contribution in [1.82, 2.24) is 4.98 Å². The molecule has 0 radical (unpaired) electrons. The summed E-state index contributed by atoms with van der Waals surface area (Å²) in [4.78, 5) is 16.6. The molecular weight excluding hydrogens is 296 g/mol. The van der Waals surface area contributed by atoms with Crippen LogP contribution in [-0.4, -0.2) is 11.0 Å². The van der Waals surface area contributed by atoms with Crippen molar-refractivity contribution in [3.8, 4) is 6.07 Å². The Labute approximate surface area is 131 Å². The number of hydrogen-bond donors (Lipinski definition) is 0. The van der Waals surface area contributed by atoms with Gasteiger partial charge in [-0.25, -0.2) is 9.78 Å². The van der Waals surface area contributed by atoms with E-state index in [9.17, 15) is 4.79 Å². The second kappa shape index (κ2) is 5.96. The van der Waals surface area contributed by atoms with Gasteiger partial charge in [0.1, 0.15) is 5.01 Å². The summed E-state index contributed by atoms with van der Waals surface area (Å²) in [5.74, 6) is -0.420. The quantitative estimate of drug-likeness (QED) is 0.684. The van der Waals surface area contributed by atoms with Crippen molar-refractivity contribution in [1.29, 1.82) is 5.26 Å². The topological polar surface area (TPSA) is 63.0 Å². The molecular formula is C17H12N2O2S. The number of nitriles is 1. The summed E-state index contributed by atoms with van der Waals surface area (Å²) in [7, 11) is 0. The Hall–Kier alpha value is -2.71. The highest BCUT2D eigenvalue weighted by atomic mass is 32.1. The molecule has 0 bridgehead atoms. The summed E-state index contributed by atoms with van der Waals surface area (Å²) in [6, 6.07) is 16.2. The molecule has 0 aliphatic rings. The molecule has 4 nitrogen and oxygen atoms in total. The van der Waals surface area contributed by atoms with Crippen molar-refractivity contribution in [2.45, 2.75) is 13.0 Å². The van der Waals surface area contributed by atoms with Gasteiger partial charge in [0.15, 0.2) is 6.10 Å². The number of para-hydroxylation sites is 1. The molecule has 1 heterocycles. The molecule has 0 amide bonds. The van der Waals surface area contributed by atoms with Gasteiger partial charge in [0.25, 0.3) is 0 Å². The summed E-state index contributed by atoms with van der Waals surface area (Å²) >= 11 is 1.52. The lowest BCUT2D eigenvalue weighted by atomic mass is 10.1. The van der Waals surface area contributed by atoms with E-state index in [1.165, 1.54) is 11.3 Å². The zero-order chi connectivity index (χ0) is 15.5. The highest BCUT2D eigenvalue weighted by molar-refractivity contribution is 7.18. The first-order valence-electron chi connectivity index (χ1n) is 6.74. The largest absolute Gasteiger partial charge is 0.452 e. The number of benzene rings is 2. The number of aromatic nitrogens is 1. The van der Waals surface area contributed by atoms with Crippen LogP contribution in [0.4, 0.5) is 0 Å². The lowest BCUT2D eigenvalue weighted by Gasteiger charge is -2.10. The molecule has 0 aliphatic carbocycles. The number of hydrogen-bond acceptors (Lipinski definition) is 5. The first kappa shape index (κ1) is 14.2. The maximum atomic E-state index is 12.1. The Bertz CT molecular complexity index is 829. The van der Waals surface area contributed by atoms with Crippen LogP contribution in [-0.2, 0) is 4.74 Å². The molecule has 22 heavy (non-hydrogen) atoms. The van der Waals surface area contributed by atoms with E-state index in [2.05, 4.69) is 4.98 Å². The van der Waals surface area contributed by atoms with Crippen LogP contribution in [0.15, 0.2) is 48.5 Å². The number of nitrogens with zero attached hydrogens (tertiary/aromatic N) is 2. The van der Waals surface area contributed by atoms with E-state index in [0.717, 1.165) is 15.2 Å². The Morgan fingerprint density at radius 1 is 1.23 bits per heavy atom. The normalized spacial score (nSPS) is 11.8. The van der Waals surface area contributed by atoms with Gasteiger partial charge in [-0.05, 0) is 43.3 Å². The van der Waals surface area contributed by atoms with Crippen LogP contribution in [0.5, 0.6) is 0 Å². The average Bonchev–Trinajstić information content (AvgIpc) is 2.99. The van der Waals surface area contributed by atoms with Crippen LogP contribution in [0.2, 0.25) is 0 Å². The van der Waals surface area contributed by atoms with Crippen LogP contribution in [0.25, 0.3) is 10.2 Å². The third-order valence-electron chi connectivity index (χ3n) is 3.19. The monoisotopic (exact) mass is 308 g/mol. The predicted molar refractivity (Wildman–Crippen MR) is 84.6 cm³/mol. The van der Waals surface area contributed by atoms with E-state index in [0.29, 0.717) is 11.1 Å². The molecule has 0 fully saturated rings. The fourth-order valence-corrected chi connectivity index (χ4v) is 2.97. The molecule has 108 valence electrons. The van der Waals surface area contributed by atoms with Crippen molar-refractivity contribution in [3.05, 3.63) is 64.7 Å². The van der Waals surface area contributed by atoms with E-state index in [1.807, 2.05) is 30.3 Å². The number of esters is 1. The predicted octanol–water partition coefficient (Wildman–Crippen LogP) is 4.09. The maximum Gasteiger partial charge on any atom is 0.338 e. The van der Waals surface area contributed by atoms with Crippen molar-refractivity contribution >= 4 is 27.5 Å². The highest BCUT2D eigenvalue weighted by Gasteiger charge is 2.17. The standard InChI is InChI=1S/C17H12N2O2S/c1-11(16-19-14-4-2-3-5-15(14)22-16)21-17(20)13-8-6-12(10-18)7-9-13/h2-9,11H,1H3/t11-/m1/s1.